The van der Waals surface area contributed by atoms with Crippen LogP contribution >= 0.6 is 11.6 Å². The standard InChI is InChI=1S/C9H9ClN2O2/c10-5-1-2-6(7(12)3-5)9(14)8(13)4-11/h1-3,8-9,13-14H,12H2. The van der Waals surface area contributed by atoms with Gasteiger partial charge < -0.3 is 15.9 Å². The van der Waals surface area contributed by atoms with Gasteiger partial charge in [-0.15, -0.1) is 0 Å². The van der Waals surface area contributed by atoms with Crippen molar-refractivity contribution < 1.29 is 10.2 Å². The molecule has 0 spiro atoms. The van der Waals surface area contributed by atoms with Crippen LogP contribution in [0.4, 0.5) is 5.69 Å². The largest absolute Gasteiger partial charge is 0.398 e. The summed E-state index contributed by atoms with van der Waals surface area (Å²) in [7, 11) is 0. The second-order valence-electron chi connectivity index (χ2n) is 2.79. The molecular weight excluding hydrogens is 204 g/mol. The highest BCUT2D eigenvalue weighted by molar-refractivity contribution is 6.30. The first-order valence-corrected chi connectivity index (χ1v) is 4.24. The van der Waals surface area contributed by atoms with Crippen molar-refractivity contribution >= 4 is 17.3 Å². The van der Waals surface area contributed by atoms with Crippen molar-refractivity contribution in [2.45, 2.75) is 12.2 Å². The third kappa shape index (κ3) is 2.15. The van der Waals surface area contributed by atoms with Gasteiger partial charge in [0.15, 0.2) is 6.10 Å². The van der Waals surface area contributed by atoms with E-state index in [-0.39, 0.29) is 5.69 Å². The van der Waals surface area contributed by atoms with Crippen molar-refractivity contribution in [2.75, 3.05) is 5.73 Å². The molecule has 0 radical (unpaired) electrons. The molecule has 0 bridgehead atoms. The van der Waals surface area contributed by atoms with Gasteiger partial charge in [-0.2, -0.15) is 5.26 Å². The Balaban J connectivity index is 3.03. The molecule has 2 unspecified atom stereocenters. The van der Waals surface area contributed by atoms with E-state index in [4.69, 9.17) is 27.7 Å². The van der Waals surface area contributed by atoms with Crippen LogP contribution in [0.2, 0.25) is 5.02 Å². The lowest BCUT2D eigenvalue weighted by Gasteiger charge is -2.14. The molecule has 14 heavy (non-hydrogen) atoms. The molecular formula is C9H9ClN2O2. The number of nitrogens with zero attached hydrogens (tertiary/aromatic N) is 1. The zero-order valence-corrected chi connectivity index (χ0v) is 7.94. The lowest BCUT2D eigenvalue weighted by atomic mass is 10.0. The molecule has 0 heterocycles. The van der Waals surface area contributed by atoms with Crippen LogP contribution in [0.1, 0.15) is 11.7 Å². The van der Waals surface area contributed by atoms with Gasteiger partial charge in [0.1, 0.15) is 6.10 Å². The number of nitrogen functional groups attached to an aromatic ring is 1. The van der Waals surface area contributed by atoms with Gasteiger partial charge in [-0.05, 0) is 12.1 Å². The van der Waals surface area contributed by atoms with Crippen molar-refractivity contribution in [1.82, 2.24) is 0 Å². The number of nitrogens with two attached hydrogens (primary N) is 1. The lowest BCUT2D eigenvalue weighted by molar-refractivity contribution is 0.0533. The highest BCUT2D eigenvalue weighted by Gasteiger charge is 2.19. The SMILES string of the molecule is N#CC(O)C(O)c1ccc(Cl)cc1N. The number of anilines is 1. The average Bonchev–Trinajstić information content (AvgIpc) is 2.15. The van der Waals surface area contributed by atoms with E-state index < -0.39 is 12.2 Å². The van der Waals surface area contributed by atoms with Crippen LogP contribution in [0.25, 0.3) is 0 Å². The molecule has 4 nitrogen and oxygen atoms in total. The Morgan fingerprint density at radius 3 is 2.57 bits per heavy atom. The van der Waals surface area contributed by atoms with Gasteiger partial charge in [0.25, 0.3) is 0 Å². The number of aliphatic hydroxyl groups excluding tert-OH is 2. The Morgan fingerprint density at radius 1 is 1.43 bits per heavy atom. The maximum atomic E-state index is 9.47. The van der Waals surface area contributed by atoms with Crippen LogP contribution in [0, 0.1) is 11.3 Å². The van der Waals surface area contributed by atoms with Crippen molar-refractivity contribution in [2.24, 2.45) is 0 Å². The second-order valence-corrected chi connectivity index (χ2v) is 3.23. The van der Waals surface area contributed by atoms with Crippen LogP contribution in [-0.2, 0) is 0 Å². The van der Waals surface area contributed by atoms with Crippen LogP contribution < -0.4 is 5.73 Å². The third-order valence-corrected chi connectivity index (χ3v) is 2.03. The van der Waals surface area contributed by atoms with Crippen LogP contribution in [0.3, 0.4) is 0 Å². The van der Waals surface area contributed by atoms with Crippen LogP contribution in [-0.4, -0.2) is 16.3 Å². The smallest absolute Gasteiger partial charge is 0.170 e. The van der Waals surface area contributed by atoms with Gasteiger partial charge in [0, 0.05) is 16.3 Å². The summed E-state index contributed by atoms with van der Waals surface area (Å²) in [5.41, 5.74) is 6.09. The van der Waals surface area contributed by atoms with Gasteiger partial charge >= 0.3 is 0 Å². The molecule has 1 aromatic rings. The summed E-state index contributed by atoms with van der Waals surface area (Å²) < 4.78 is 0. The topological polar surface area (TPSA) is 90.3 Å². The van der Waals surface area contributed by atoms with Gasteiger partial charge in [0.05, 0.1) is 6.07 Å². The number of halogens is 1. The molecule has 74 valence electrons. The Hall–Kier alpha value is -1.28. The minimum absolute atomic E-state index is 0.249. The second kappa shape index (κ2) is 4.29. The van der Waals surface area contributed by atoms with Gasteiger partial charge in [-0.1, -0.05) is 17.7 Å². The first-order valence-electron chi connectivity index (χ1n) is 3.87. The fraction of sp³-hybridized carbons (Fsp3) is 0.222. The summed E-state index contributed by atoms with van der Waals surface area (Å²) in [6, 6.07) is 5.97. The minimum Gasteiger partial charge on any atom is -0.398 e. The predicted molar refractivity (Wildman–Crippen MR) is 52.4 cm³/mol. The van der Waals surface area contributed by atoms with Gasteiger partial charge in [-0.3, -0.25) is 0 Å². The summed E-state index contributed by atoms with van der Waals surface area (Å²) in [6.07, 6.45) is -2.80. The maximum Gasteiger partial charge on any atom is 0.170 e. The molecule has 0 aliphatic carbocycles. The molecule has 0 aromatic heterocycles. The van der Waals surface area contributed by atoms with Gasteiger partial charge in [0.2, 0.25) is 0 Å². The predicted octanol–water partition coefficient (Wildman–Crippen LogP) is 0.840. The summed E-state index contributed by atoms with van der Waals surface area (Å²) >= 11 is 5.65. The monoisotopic (exact) mass is 212 g/mol. The van der Waals surface area contributed by atoms with Crippen LogP contribution in [0.15, 0.2) is 18.2 Å². The zero-order valence-electron chi connectivity index (χ0n) is 7.18. The van der Waals surface area contributed by atoms with Crippen LogP contribution in [0.5, 0.6) is 0 Å². The molecule has 4 N–H and O–H groups in total. The van der Waals surface area contributed by atoms with E-state index in [0.717, 1.165) is 0 Å². The number of benzene rings is 1. The molecule has 0 fully saturated rings. The highest BCUT2D eigenvalue weighted by atomic mass is 35.5. The minimum atomic E-state index is -1.49. The third-order valence-electron chi connectivity index (χ3n) is 1.80. The molecule has 0 amide bonds. The Kier molecular flexibility index (Phi) is 3.31. The fourth-order valence-electron chi connectivity index (χ4n) is 1.06. The molecule has 1 rings (SSSR count). The van der Waals surface area contributed by atoms with Crippen molar-refractivity contribution in [3.05, 3.63) is 28.8 Å². The normalized spacial score (nSPS) is 14.4. The van der Waals surface area contributed by atoms with E-state index in [1.54, 1.807) is 0 Å². The fourth-order valence-corrected chi connectivity index (χ4v) is 1.24. The highest BCUT2D eigenvalue weighted by Crippen LogP contribution is 2.25. The summed E-state index contributed by atoms with van der Waals surface area (Å²) in [5, 5.41) is 27.4. The summed E-state index contributed by atoms with van der Waals surface area (Å²) in [6.45, 7) is 0. The van der Waals surface area contributed by atoms with Crippen molar-refractivity contribution in [3.8, 4) is 6.07 Å². The number of hydrogen-bond donors (Lipinski definition) is 3. The number of rotatable bonds is 2. The Morgan fingerprint density at radius 2 is 2.07 bits per heavy atom. The van der Waals surface area contributed by atoms with E-state index >= 15 is 0 Å². The zero-order chi connectivity index (χ0) is 10.7. The van der Waals surface area contributed by atoms with Gasteiger partial charge in [-0.25, -0.2) is 0 Å². The molecule has 1 aromatic carbocycles. The van der Waals surface area contributed by atoms with Crippen molar-refractivity contribution in [3.63, 3.8) is 0 Å². The lowest BCUT2D eigenvalue weighted by Crippen LogP contribution is -2.17. The molecule has 0 saturated heterocycles. The molecule has 0 saturated carbocycles. The van der Waals surface area contributed by atoms with E-state index in [9.17, 15) is 5.11 Å². The first kappa shape index (κ1) is 10.8. The average molecular weight is 213 g/mol. The van der Waals surface area contributed by atoms with E-state index in [1.807, 2.05) is 0 Å². The Bertz CT molecular complexity index is 376. The maximum absolute atomic E-state index is 9.47. The number of nitriles is 1. The Labute approximate surface area is 86.2 Å². The van der Waals surface area contributed by atoms with E-state index in [2.05, 4.69) is 0 Å². The van der Waals surface area contributed by atoms with E-state index in [0.29, 0.717) is 10.6 Å². The number of hydrogen-bond acceptors (Lipinski definition) is 4. The summed E-state index contributed by atoms with van der Waals surface area (Å²) in [4.78, 5) is 0. The van der Waals surface area contributed by atoms with Crippen molar-refractivity contribution in [1.29, 1.82) is 5.26 Å². The first-order chi connectivity index (χ1) is 6.56. The molecule has 0 aliphatic rings. The molecule has 5 heteroatoms. The quantitative estimate of drug-likeness (QED) is 0.501. The molecule has 0 aliphatic heterocycles. The molecule has 2 atom stereocenters. The summed E-state index contributed by atoms with van der Waals surface area (Å²) in [5.74, 6) is 0. The number of aliphatic hydroxyl groups is 2. The van der Waals surface area contributed by atoms with E-state index in [1.165, 1.54) is 24.3 Å².